The van der Waals surface area contributed by atoms with E-state index in [0.717, 1.165) is 24.8 Å². The van der Waals surface area contributed by atoms with Gasteiger partial charge in [0.15, 0.2) is 0 Å². The van der Waals surface area contributed by atoms with Crippen LogP contribution in [0.2, 0.25) is 0 Å². The highest BCUT2D eigenvalue weighted by atomic mass is 79.9. The molecule has 0 aliphatic heterocycles. The molecule has 14 heavy (non-hydrogen) atoms. The van der Waals surface area contributed by atoms with Gasteiger partial charge >= 0.3 is 0 Å². The Morgan fingerprint density at radius 2 is 2.29 bits per heavy atom. The standard InChI is InChI=1S/C11H13BrFN/c12-10-6-9-7(3-4-14)1-2-8(9)5-11(10)13/h5-7H,1-4,14H2. The molecule has 0 bridgehead atoms. The minimum absolute atomic E-state index is 0.155. The van der Waals surface area contributed by atoms with Gasteiger partial charge in [-0.1, -0.05) is 0 Å². The van der Waals surface area contributed by atoms with Gasteiger partial charge in [0.25, 0.3) is 0 Å². The number of fused-ring (bicyclic) bond motifs is 1. The summed E-state index contributed by atoms with van der Waals surface area (Å²) in [7, 11) is 0. The summed E-state index contributed by atoms with van der Waals surface area (Å²) in [5, 5.41) is 0. The maximum Gasteiger partial charge on any atom is 0.137 e. The van der Waals surface area contributed by atoms with E-state index in [1.807, 2.05) is 6.07 Å². The van der Waals surface area contributed by atoms with Crippen LogP contribution in [0.4, 0.5) is 4.39 Å². The van der Waals surface area contributed by atoms with E-state index in [9.17, 15) is 4.39 Å². The SMILES string of the molecule is NCCC1CCc2cc(F)c(Br)cc21. The van der Waals surface area contributed by atoms with E-state index in [4.69, 9.17) is 5.73 Å². The van der Waals surface area contributed by atoms with Gasteiger partial charge < -0.3 is 5.73 Å². The van der Waals surface area contributed by atoms with Crippen LogP contribution in [0.25, 0.3) is 0 Å². The van der Waals surface area contributed by atoms with Gasteiger partial charge in [-0.3, -0.25) is 0 Å². The summed E-state index contributed by atoms with van der Waals surface area (Å²) in [5.74, 6) is 0.379. The number of halogens is 2. The summed E-state index contributed by atoms with van der Waals surface area (Å²) >= 11 is 3.22. The van der Waals surface area contributed by atoms with Crippen LogP contribution >= 0.6 is 15.9 Å². The largest absolute Gasteiger partial charge is 0.330 e. The number of aryl methyl sites for hydroxylation is 1. The van der Waals surface area contributed by atoms with E-state index < -0.39 is 0 Å². The van der Waals surface area contributed by atoms with Gasteiger partial charge in [0, 0.05) is 0 Å². The number of nitrogens with two attached hydrogens (primary N) is 1. The summed E-state index contributed by atoms with van der Waals surface area (Å²) in [6.07, 6.45) is 3.11. The molecule has 1 unspecified atom stereocenters. The lowest BCUT2D eigenvalue weighted by Crippen LogP contribution is -2.04. The van der Waals surface area contributed by atoms with Crippen molar-refractivity contribution < 1.29 is 4.39 Å². The van der Waals surface area contributed by atoms with Crippen LogP contribution in [-0.4, -0.2) is 6.54 Å². The van der Waals surface area contributed by atoms with E-state index >= 15 is 0 Å². The summed E-state index contributed by atoms with van der Waals surface area (Å²) in [5.41, 5.74) is 7.99. The Labute approximate surface area is 91.6 Å². The molecule has 1 aliphatic carbocycles. The van der Waals surface area contributed by atoms with Crippen molar-refractivity contribution in [2.75, 3.05) is 6.54 Å². The molecule has 1 aromatic rings. The average Bonchev–Trinajstić information content (AvgIpc) is 2.51. The molecule has 0 radical (unpaired) electrons. The average molecular weight is 258 g/mol. The van der Waals surface area contributed by atoms with Crippen LogP contribution in [0.3, 0.4) is 0 Å². The quantitative estimate of drug-likeness (QED) is 0.867. The summed E-state index contributed by atoms with van der Waals surface area (Å²) < 4.78 is 13.8. The fourth-order valence-electron chi connectivity index (χ4n) is 2.19. The molecule has 0 spiro atoms. The molecular weight excluding hydrogens is 245 g/mol. The van der Waals surface area contributed by atoms with Crippen molar-refractivity contribution in [2.24, 2.45) is 5.73 Å². The lowest BCUT2D eigenvalue weighted by Gasteiger charge is -2.10. The van der Waals surface area contributed by atoms with Gasteiger partial charge in [0.2, 0.25) is 0 Å². The predicted octanol–water partition coefficient (Wildman–Crippen LogP) is 2.97. The third kappa shape index (κ3) is 1.71. The highest BCUT2D eigenvalue weighted by Crippen LogP contribution is 2.37. The Morgan fingerprint density at radius 3 is 3.00 bits per heavy atom. The molecule has 2 rings (SSSR count). The van der Waals surface area contributed by atoms with Crippen LogP contribution < -0.4 is 5.73 Å². The van der Waals surface area contributed by atoms with Crippen LogP contribution in [0.5, 0.6) is 0 Å². The first kappa shape index (κ1) is 10.1. The topological polar surface area (TPSA) is 26.0 Å². The van der Waals surface area contributed by atoms with Crippen molar-refractivity contribution >= 4 is 15.9 Å². The molecule has 0 heterocycles. The molecular formula is C11H13BrFN. The summed E-state index contributed by atoms with van der Waals surface area (Å²) in [6, 6.07) is 3.56. The van der Waals surface area contributed by atoms with E-state index in [1.54, 1.807) is 6.07 Å². The van der Waals surface area contributed by atoms with Crippen molar-refractivity contribution in [3.63, 3.8) is 0 Å². The van der Waals surface area contributed by atoms with Gasteiger partial charge in [-0.2, -0.15) is 0 Å². The Morgan fingerprint density at radius 1 is 1.50 bits per heavy atom. The Kier molecular flexibility index (Phi) is 2.88. The van der Waals surface area contributed by atoms with Crippen molar-refractivity contribution in [3.8, 4) is 0 Å². The molecule has 0 fully saturated rings. The summed E-state index contributed by atoms with van der Waals surface area (Å²) in [4.78, 5) is 0. The molecule has 1 nitrogen and oxygen atoms in total. The zero-order valence-corrected chi connectivity index (χ0v) is 9.48. The number of hydrogen-bond donors (Lipinski definition) is 1. The first-order chi connectivity index (χ1) is 6.72. The lowest BCUT2D eigenvalue weighted by molar-refractivity contribution is 0.617. The fourth-order valence-corrected chi connectivity index (χ4v) is 2.55. The van der Waals surface area contributed by atoms with E-state index in [1.165, 1.54) is 5.56 Å². The first-order valence-electron chi connectivity index (χ1n) is 4.90. The van der Waals surface area contributed by atoms with Gasteiger partial charge in [0.05, 0.1) is 4.47 Å². The Bertz CT molecular complexity index is 351. The monoisotopic (exact) mass is 257 g/mol. The molecule has 0 aromatic heterocycles. The molecule has 1 aliphatic rings. The summed E-state index contributed by atoms with van der Waals surface area (Å²) in [6.45, 7) is 0.707. The highest BCUT2D eigenvalue weighted by molar-refractivity contribution is 9.10. The van der Waals surface area contributed by atoms with Gasteiger partial charge in [-0.05, 0) is 70.9 Å². The van der Waals surface area contributed by atoms with E-state index in [-0.39, 0.29) is 5.82 Å². The zero-order valence-electron chi connectivity index (χ0n) is 7.89. The van der Waals surface area contributed by atoms with E-state index in [2.05, 4.69) is 15.9 Å². The minimum Gasteiger partial charge on any atom is -0.330 e. The van der Waals surface area contributed by atoms with Gasteiger partial charge in [0.1, 0.15) is 5.82 Å². The fraction of sp³-hybridized carbons (Fsp3) is 0.455. The smallest absolute Gasteiger partial charge is 0.137 e. The molecule has 3 heteroatoms. The third-order valence-electron chi connectivity index (χ3n) is 2.90. The van der Waals surface area contributed by atoms with Crippen LogP contribution in [-0.2, 0) is 6.42 Å². The van der Waals surface area contributed by atoms with Crippen molar-refractivity contribution in [1.82, 2.24) is 0 Å². The van der Waals surface area contributed by atoms with Crippen molar-refractivity contribution in [2.45, 2.75) is 25.2 Å². The van der Waals surface area contributed by atoms with Crippen molar-refractivity contribution in [1.29, 1.82) is 0 Å². The zero-order chi connectivity index (χ0) is 10.1. The van der Waals surface area contributed by atoms with Crippen LogP contribution in [0.1, 0.15) is 29.9 Å². The number of hydrogen-bond acceptors (Lipinski definition) is 1. The highest BCUT2D eigenvalue weighted by Gasteiger charge is 2.23. The van der Waals surface area contributed by atoms with Crippen LogP contribution in [0, 0.1) is 5.82 Å². The maximum absolute atomic E-state index is 13.2. The number of rotatable bonds is 2. The Hall–Kier alpha value is -0.410. The molecule has 0 amide bonds. The molecule has 1 aromatic carbocycles. The van der Waals surface area contributed by atoms with E-state index in [0.29, 0.717) is 16.9 Å². The van der Waals surface area contributed by atoms with Gasteiger partial charge in [-0.25, -0.2) is 4.39 Å². The molecule has 0 saturated heterocycles. The number of benzene rings is 1. The maximum atomic E-state index is 13.2. The van der Waals surface area contributed by atoms with Crippen LogP contribution in [0.15, 0.2) is 16.6 Å². The Balaban J connectivity index is 2.35. The van der Waals surface area contributed by atoms with Gasteiger partial charge in [-0.15, -0.1) is 0 Å². The van der Waals surface area contributed by atoms with Crippen molar-refractivity contribution in [3.05, 3.63) is 33.5 Å². The second-order valence-corrected chi connectivity index (χ2v) is 4.63. The second-order valence-electron chi connectivity index (χ2n) is 3.78. The lowest BCUT2D eigenvalue weighted by atomic mass is 9.98. The normalized spacial score (nSPS) is 19.8. The molecule has 0 saturated carbocycles. The first-order valence-corrected chi connectivity index (χ1v) is 5.69. The predicted molar refractivity (Wildman–Crippen MR) is 58.8 cm³/mol. The third-order valence-corrected chi connectivity index (χ3v) is 3.51. The molecule has 1 atom stereocenters. The minimum atomic E-state index is -0.155. The molecule has 76 valence electrons. The second kappa shape index (κ2) is 3.99. The molecule has 2 N–H and O–H groups in total.